The van der Waals surface area contributed by atoms with Crippen LogP contribution < -0.4 is 0 Å². The first-order valence-corrected chi connectivity index (χ1v) is 10.4. The van der Waals surface area contributed by atoms with Crippen molar-refractivity contribution in [2.24, 2.45) is 0 Å². The van der Waals surface area contributed by atoms with Crippen molar-refractivity contribution in [2.75, 3.05) is 39.3 Å². The zero-order chi connectivity index (χ0) is 20.6. The summed E-state index contributed by atoms with van der Waals surface area (Å²) >= 11 is 0. The lowest BCUT2D eigenvalue weighted by molar-refractivity contribution is 0.0407. The van der Waals surface area contributed by atoms with E-state index in [0.717, 1.165) is 32.7 Å². The highest BCUT2D eigenvalue weighted by molar-refractivity contribution is 5.89. The van der Waals surface area contributed by atoms with Crippen LogP contribution in [0.25, 0.3) is 0 Å². The Labute approximate surface area is 177 Å². The molecular formula is C25H27N3O2. The van der Waals surface area contributed by atoms with E-state index >= 15 is 0 Å². The maximum Gasteiger partial charge on any atom is 0.338 e. The number of ether oxygens (including phenoxy) is 1. The fourth-order valence-electron chi connectivity index (χ4n) is 3.97. The number of carbonyl (C=O) groups is 1. The molecule has 0 radical (unpaired) electrons. The van der Waals surface area contributed by atoms with Crippen LogP contribution in [0.4, 0.5) is 0 Å². The van der Waals surface area contributed by atoms with Crippen LogP contribution in [0, 0.1) is 0 Å². The topological polar surface area (TPSA) is 45.7 Å². The third-order valence-corrected chi connectivity index (χ3v) is 5.56. The number of carbonyl (C=O) groups excluding carboxylic acids is 1. The first kappa shape index (κ1) is 20.3. The Morgan fingerprint density at radius 1 is 0.833 bits per heavy atom. The van der Waals surface area contributed by atoms with Crippen LogP contribution >= 0.6 is 0 Å². The minimum atomic E-state index is -0.288. The zero-order valence-corrected chi connectivity index (χ0v) is 17.1. The van der Waals surface area contributed by atoms with Gasteiger partial charge >= 0.3 is 5.97 Å². The van der Waals surface area contributed by atoms with Gasteiger partial charge in [-0.15, -0.1) is 0 Å². The molecule has 0 aliphatic carbocycles. The number of piperazine rings is 1. The van der Waals surface area contributed by atoms with E-state index in [4.69, 9.17) is 4.74 Å². The smallest absolute Gasteiger partial charge is 0.338 e. The Balaban J connectivity index is 1.32. The van der Waals surface area contributed by atoms with E-state index in [-0.39, 0.29) is 12.0 Å². The van der Waals surface area contributed by atoms with E-state index in [2.05, 4.69) is 75.4 Å². The largest absolute Gasteiger partial charge is 0.461 e. The van der Waals surface area contributed by atoms with Gasteiger partial charge < -0.3 is 4.74 Å². The molecule has 3 aromatic rings. The number of hydrogen-bond acceptors (Lipinski definition) is 5. The molecule has 1 fully saturated rings. The highest BCUT2D eigenvalue weighted by atomic mass is 16.5. The summed E-state index contributed by atoms with van der Waals surface area (Å²) in [6.07, 6.45) is 3.21. The van der Waals surface area contributed by atoms with Crippen molar-refractivity contribution in [1.82, 2.24) is 14.8 Å². The molecule has 30 heavy (non-hydrogen) atoms. The van der Waals surface area contributed by atoms with Gasteiger partial charge in [0.25, 0.3) is 0 Å². The Hall–Kier alpha value is -3.02. The van der Waals surface area contributed by atoms with Gasteiger partial charge in [0.05, 0.1) is 11.6 Å². The summed E-state index contributed by atoms with van der Waals surface area (Å²) in [7, 11) is 0. The highest BCUT2D eigenvalue weighted by Gasteiger charge is 2.26. The maximum atomic E-state index is 12.1. The van der Waals surface area contributed by atoms with Gasteiger partial charge in [0, 0.05) is 45.1 Å². The van der Waals surface area contributed by atoms with E-state index in [1.165, 1.54) is 11.1 Å². The van der Waals surface area contributed by atoms with Crippen molar-refractivity contribution in [3.8, 4) is 0 Å². The standard InChI is InChI=1S/C25H27N3O2/c29-25(23-11-13-26-14-12-23)30-20-19-27-15-17-28(18-16-27)24(21-7-3-1-4-8-21)22-9-5-2-6-10-22/h1-14,24H,15-20H2. The van der Waals surface area contributed by atoms with E-state index in [9.17, 15) is 4.79 Å². The first-order valence-electron chi connectivity index (χ1n) is 10.4. The Bertz CT molecular complexity index is 871. The molecule has 0 bridgehead atoms. The number of hydrogen-bond donors (Lipinski definition) is 0. The molecule has 5 nitrogen and oxygen atoms in total. The monoisotopic (exact) mass is 401 g/mol. The Kier molecular flexibility index (Phi) is 6.85. The van der Waals surface area contributed by atoms with Crippen LogP contribution in [0.15, 0.2) is 85.2 Å². The third-order valence-electron chi connectivity index (χ3n) is 5.56. The number of pyridine rings is 1. The van der Waals surface area contributed by atoms with Crippen molar-refractivity contribution in [3.63, 3.8) is 0 Å². The van der Waals surface area contributed by atoms with E-state index in [0.29, 0.717) is 12.2 Å². The summed E-state index contributed by atoms with van der Waals surface area (Å²) < 4.78 is 5.42. The Morgan fingerprint density at radius 2 is 1.40 bits per heavy atom. The molecular weight excluding hydrogens is 374 g/mol. The molecule has 154 valence electrons. The average molecular weight is 402 g/mol. The van der Waals surface area contributed by atoms with Crippen molar-refractivity contribution < 1.29 is 9.53 Å². The average Bonchev–Trinajstić information content (AvgIpc) is 2.82. The van der Waals surface area contributed by atoms with Crippen LogP contribution in [0.2, 0.25) is 0 Å². The van der Waals surface area contributed by atoms with Gasteiger partial charge in [-0.3, -0.25) is 14.8 Å². The molecule has 0 amide bonds. The van der Waals surface area contributed by atoms with Crippen molar-refractivity contribution in [1.29, 1.82) is 0 Å². The van der Waals surface area contributed by atoms with Gasteiger partial charge in [-0.1, -0.05) is 60.7 Å². The van der Waals surface area contributed by atoms with E-state index in [1.807, 2.05) is 0 Å². The molecule has 4 rings (SSSR count). The van der Waals surface area contributed by atoms with Gasteiger partial charge in [0.2, 0.25) is 0 Å². The summed E-state index contributed by atoms with van der Waals surface area (Å²) in [5, 5.41) is 0. The van der Waals surface area contributed by atoms with Crippen molar-refractivity contribution in [3.05, 3.63) is 102 Å². The predicted molar refractivity (Wildman–Crippen MR) is 117 cm³/mol. The molecule has 1 aliphatic rings. The normalized spacial score (nSPS) is 15.2. The highest BCUT2D eigenvalue weighted by Crippen LogP contribution is 2.29. The zero-order valence-electron chi connectivity index (χ0n) is 17.1. The summed E-state index contributed by atoms with van der Waals surface area (Å²) in [4.78, 5) is 20.9. The fourth-order valence-corrected chi connectivity index (χ4v) is 3.97. The molecule has 0 N–H and O–H groups in total. The number of esters is 1. The van der Waals surface area contributed by atoms with Crippen molar-refractivity contribution in [2.45, 2.75) is 6.04 Å². The fraction of sp³-hybridized carbons (Fsp3) is 0.280. The third kappa shape index (κ3) is 5.12. The molecule has 2 heterocycles. The van der Waals surface area contributed by atoms with Crippen LogP contribution in [0.5, 0.6) is 0 Å². The summed E-state index contributed by atoms with van der Waals surface area (Å²) in [6, 6.07) is 25.0. The molecule has 0 spiro atoms. The molecule has 1 aromatic heterocycles. The van der Waals surface area contributed by atoms with Gasteiger partial charge in [0.15, 0.2) is 0 Å². The lowest BCUT2D eigenvalue weighted by atomic mass is 9.96. The number of benzene rings is 2. The second-order valence-corrected chi connectivity index (χ2v) is 7.47. The lowest BCUT2D eigenvalue weighted by Gasteiger charge is -2.39. The lowest BCUT2D eigenvalue weighted by Crippen LogP contribution is -2.48. The van der Waals surface area contributed by atoms with Crippen molar-refractivity contribution >= 4 is 5.97 Å². The van der Waals surface area contributed by atoms with Gasteiger partial charge in [-0.2, -0.15) is 0 Å². The van der Waals surface area contributed by atoms with Crippen LogP contribution in [0.1, 0.15) is 27.5 Å². The number of rotatable bonds is 7. The minimum Gasteiger partial charge on any atom is -0.461 e. The number of nitrogens with zero attached hydrogens (tertiary/aromatic N) is 3. The summed E-state index contributed by atoms with van der Waals surface area (Å²) in [6.45, 7) is 5.04. The maximum absolute atomic E-state index is 12.1. The molecule has 0 unspecified atom stereocenters. The van der Waals surface area contributed by atoms with Gasteiger partial charge in [-0.25, -0.2) is 4.79 Å². The predicted octanol–water partition coefficient (Wildman–Crippen LogP) is 3.65. The quantitative estimate of drug-likeness (QED) is 0.566. The van der Waals surface area contributed by atoms with E-state index < -0.39 is 0 Å². The summed E-state index contributed by atoms with van der Waals surface area (Å²) in [5.74, 6) is -0.288. The second-order valence-electron chi connectivity index (χ2n) is 7.47. The molecule has 0 saturated carbocycles. The molecule has 2 aromatic carbocycles. The van der Waals surface area contributed by atoms with Crippen LogP contribution in [0.3, 0.4) is 0 Å². The molecule has 1 aliphatic heterocycles. The second kappa shape index (κ2) is 10.1. The number of aromatic nitrogens is 1. The summed E-state index contributed by atoms with van der Waals surface area (Å²) in [5.41, 5.74) is 3.19. The van der Waals surface area contributed by atoms with Gasteiger partial charge in [0.1, 0.15) is 6.61 Å². The Morgan fingerprint density at radius 3 is 1.97 bits per heavy atom. The molecule has 0 atom stereocenters. The first-order chi connectivity index (χ1) is 14.8. The van der Waals surface area contributed by atoms with Gasteiger partial charge in [-0.05, 0) is 23.3 Å². The van der Waals surface area contributed by atoms with E-state index in [1.54, 1.807) is 24.5 Å². The minimum absolute atomic E-state index is 0.263. The van der Waals surface area contributed by atoms with Crippen LogP contribution in [-0.4, -0.2) is 60.1 Å². The van der Waals surface area contributed by atoms with Crippen LogP contribution in [-0.2, 0) is 4.74 Å². The SMILES string of the molecule is O=C(OCCN1CCN(C(c2ccccc2)c2ccccc2)CC1)c1ccncc1. The molecule has 5 heteroatoms. The molecule has 1 saturated heterocycles.